The van der Waals surface area contributed by atoms with Gasteiger partial charge in [0.05, 0.1) is 0 Å². The second-order valence-corrected chi connectivity index (χ2v) is 6.24. The molecule has 2 rings (SSSR count). The fraction of sp³-hybridized carbons (Fsp3) is 1.00. The van der Waals surface area contributed by atoms with E-state index in [1.807, 2.05) is 0 Å². The molecule has 2 saturated carbocycles. The van der Waals surface area contributed by atoms with E-state index in [2.05, 4.69) is 0 Å². The molecule has 2 aliphatic carbocycles. The van der Waals surface area contributed by atoms with Crippen molar-refractivity contribution in [3.05, 3.63) is 0 Å². The quantitative estimate of drug-likeness (QED) is 0.629. The number of nitrogens with two attached hydrogens (primary N) is 1. The summed E-state index contributed by atoms with van der Waals surface area (Å²) >= 11 is 5.87. The van der Waals surface area contributed by atoms with Gasteiger partial charge in [-0.2, -0.15) is 0 Å². The molecule has 0 heterocycles. The Bertz CT molecular complexity index is 296. The molecule has 5 heteroatoms. The van der Waals surface area contributed by atoms with Crippen LogP contribution in [0.1, 0.15) is 25.7 Å². The minimum Gasteiger partial charge on any atom is -0.227 e. The standard InChI is InChI=1S/C6H10ClNO2S/c7-6(11(8,9)10)4-5(6)2-1-3-5/h1-4H2,(H2,8,9,10). The third kappa shape index (κ3) is 0.752. The molecule has 2 fully saturated rings. The van der Waals surface area contributed by atoms with Crippen molar-refractivity contribution in [2.24, 2.45) is 10.6 Å². The van der Waals surface area contributed by atoms with E-state index in [-0.39, 0.29) is 5.41 Å². The van der Waals surface area contributed by atoms with Gasteiger partial charge in [-0.1, -0.05) is 18.0 Å². The maximum Gasteiger partial charge on any atom is 0.229 e. The molecule has 3 nitrogen and oxygen atoms in total. The van der Waals surface area contributed by atoms with E-state index < -0.39 is 14.2 Å². The summed E-state index contributed by atoms with van der Waals surface area (Å²) in [6.07, 6.45) is 3.49. The number of halogens is 1. The molecule has 1 atom stereocenters. The van der Waals surface area contributed by atoms with Crippen LogP contribution in [0, 0.1) is 5.41 Å². The van der Waals surface area contributed by atoms with E-state index in [1.165, 1.54) is 0 Å². The Morgan fingerprint density at radius 2 is 1.91 bits per heavy atom. The Labute approximate surface area is 71.0 Å². The van der Waals surface area contributed by atoms with Crippen LogP contribution in [0.4, 0.5) is 0 Å². The van der Waals surface area contributed by atoms with Gasteiger partial charge in [0.25, 0.3) is 0 Å². The molecule has 0 amide bonds. The molecule has 11 heavy (non-hydrogen) atoms. The second kappa shape index (κ2) is 1.75. The first-order chi connectivity index (χ1) is 4.91. The highest BCUT2D eigenvalue weighted by Crippen LogP contribution is 2.73. The number of primary sulfonamides is 1. The lowest BCUT2D eigenvalue weighted by Crippen LogP contribution is -2.34. The van der Waals surface area contributed by atoms with E-state index in [9.17, 15) is 8.42 Å². The van der Waals surface area contributed by atoms with Crippen molar-refractivity contribution in [1.82, 2.24) is 0 Å². The normalized spacial score (nSPS) is 40.2. The summed E-state index contributed by atoms with van der Waals surface area (Å²) in [5.41, 5.74) is -0.137. The fourth-order valence-corrected chi connectivity index (χ4v) is 3.68. The number of sulfonamides is 1. The van der Waals surface area contributed by atoms with Crippen molar-refractivity contribution in [2.75, 3.05) is 0 Å². The molecular weight excluding hydrogens is 186 g/mol. The van der Waals surface area contributed by atoms with Crippen LogP contribution >= 0.6 is 11.6 Å². The molecule has 0 bridgehead atoms. The second-order valence-electron chi connectivity index (χ2n) is 3.58. The monoisotopic (exact) mass is 195 g/mol. The van der Waals surface area contributed by atoms with Gasteiger partial charge in [-0.3, -0.25) is 0 Å². The summed E-state index contributed by atoms with van der Waals surface area (Å²) in [6.45, 7) is 0. The molecule has 0 aromatic rings. The Hall–Kier alpha value is 0.200. The third-order valence-electron chi connectivity index (χ3n) is 2.99. The molecular formula is C6H10ClNO2S. The largest absolute Gasteiger partial charge is 0.229 e. The summed E-state index contributed by atoms with van der Waals surface area (Å²) in [6, 6.07) is 0. The topological polar surface area (TPSA) is 60.2 Å². The number of hydrogen-bond donors (Lipinski definition) is 1. The maximum absolute atomic E-state index is 11.0. The molecule has 2 aliphatic rings. The van der Waals surface area contributed by atoms with E-state index in [0.717, 1.165) is 19.3 Å². The van der Waals surface area contributed by atoms with Gasteiger partial charge in [-0.05, 0) is 19.3 Å². The fourth-order valence-electron chi connectivity index (χ4n) is 1.95. The predicted molar refractivity (Wildman–Crippen MR) is 42.6 cm³/mol. The summed E-state index contributed by atoms with van der Waals surface area (Å²) in [5.74, 6) is 0. The van der Waals surface area contributed by atoms with Crippen molar-refractivity contribution in [3.63, 3.8) is 0 Å². The van der Waals surface area contributed by atoms with Crippen molar-refractivity contribution in [1.29, 1.82) is 0 Å². The zero-order valence-electron chi connectivity index (χ0n) is 6.01. The van der Waals surface area contributed by atoms with E-state index in [0.29, 0.717) is 6.42 Å². The Kier molecular flexibility index (Phi) is 1.25. The predicted octanol–water partition coefficient (Wildman–Crippen LogP) is 0.784. The van der Waals surface area contributed by atoms with Crippen LogP contribution in [-0.2, 0) is 10.0 Å². The van der Waals surface area contributed by atoms with Gasteiger partial charge < -0.3 is 0 Å². The maximum atomic E-state index is 11.0. The van der Waals surface area contributed by atoms with Gasteiger partial charge >= 0.3 is 0 Å². The molecule has 0 aromatic heterocycles. The van der Waals surface area contributed by atoms with Crippen LogP contribution in [0.3, 0.4) is 0 Å². The van der Waals surface area contributed by atoms with Crippen molar-refractivity contribution in [3.8, 4) is 0 Å². The smallest absolute Gasteiger partial charge is 0.227 e. The van der Waals surface area contributed by atoms with Crippen LogP contribution in [0.15, 0.2) is 0 Å². The summed E-state index contributed by atoms with van der Waals surface area (Å²) < 4.78 is 20.8. The van der Waals surface area contributed by atoms with Crippen LogP contribution in [-0.4, -0.2) is 12.6 Å². The first-order valence-corrected chi connectivity index (χ1v) is 5.55. The molecule has 0 aliphatic heterocycles. The van der Waals surface area contributed by atoms with Crippen LogP contribution < -0.4 is 5.14 Å². The summed E-state index contributed by atoms with van der Waals surface area (Å²) in [4.78, 5) is 0. The molecule has 0 saturated heterocycles. The minimum absolute atomic E-state index is 0.137. The van der Waals surface area contributed by atoms with Crippen molar-refractivity contribution in [2.45, 2.75) is 29.9 Å². The molecule has 1 spiro atoms. The van der Waals surface area contributed by atoms with E-state index >= 15 is 0 Å². The van der Waals surface area contributed by atoms with Gasteiger partial charge in [-0.15, -0.1) is 0 Å². The Morgan fingerprint density at radius 3 is 2.00 bits per heavy atom. The lowest BCUT2D eigenvalue weighted by Gasteiger charge is -2.28. The zero-order valence-corrected chi connectivity index (χ0v) is 7.58. The Morgan fingerprint density at radius 1 is 1.36 bits per heavy atom. The van der Waals surface area contributed by atoms with E-state index in [4.69, 9.17) is 16.7 Å². The van der Waals surface area contributed by atoms with Crippen LogP contribution in [0.25, 0.3) is 0 Å². The van der Waals surface area contributed by atoms with Gasteiger partial charge in [0.1, 0.15) is 0 Å². The van der Waals surface area contributed by atoms with Gasteiger partial charge in [-0.25, -0.2) is 13.6 Å². The highest BCUT2D eigenvalue weighted by atomic mass is 35.5. The molecule has 0 aromatic carbocycles. The highest BCUT2D eigenvalue weighted by molar-refractivity contribution is 7.92. The Balaban J connectivity index is 2.30. The lowest BCUT2D eigenvalue weighted by molar-refractivity contribution is 0.282. The average molecular weight is 196 g/mol. The van der Waals surface area contributed by atoms with Gasteiger partial charge in [0, 0.05) is 5.41 Å². The molecule has 0 radical (unpaired) electrons. The average Bonchev–Trinajstić information content (AvgIpc) is 2.34. The van der Waals surface area contributed by atoms with Crippen molar-refractivity contribution < 1.29 is 8.42 Å². The zero-order chi connectivity index (χ0) is 8.33. The lowest BCUT2D eigenvalue weighted by atomic mass is 9.82. The number of hydrogen-bond acceptors (Lipinski definition) is 2. The number of alkyl halides is 1. The molecule has 2 N–H and O–H groups in total. The van der Waals surface area contributed by atoms with Crippen molar-refractivity contribution >= 4 is 21.6 Å². The van der Waals surface area contributed by atoms with Crippen LogP contribution in [0.2, 0.25) is 0 Å². The SMILES string of the molecule is NS(=O)(=O)C1(Cl)CC12CCC2. The summed E-state index contributed by atoms with van der Waals surface area (Å²) in [5, 5.41) is 5.00. The van der Waals surface area contributed by atoms with Crippen LogP contribution in [0.5, 0.6) is 0 Å². The summed E-state index contributed by atoms with van der Waals surface area (Å²) in [7, 11) is -3.53. The number of rotatable bonds is 1. The first-order valence-electron chi connectivity index (χ1n) is 3.63. The molecule has 1 unspecified atom stereocenters. The first kappa shape index (κ1) is 7.83. The van der Waals surface area contributed by atoms with Gasteiger partial charge in [0.2, 0.25) is 10.0 Å². The highest BCUT2D eigenvalue weighted by Gasteiger charge is 2.75. The van der Waals surface area contributed by atoms with Gasteiger partial charge in [0.15, 0.2) is 4.21 Å². The van der Waals surface area contributed by atoms with E-state index in [1.54, 1.807) is 0 Å². The molecule has 64 valence electrons. The minimum atomic E-state index is -3.53. The third-order valence-corrected chi connectivity index (χ3v) is 5.65.